The van der Waals surface area contributed by atoms with Crippen LogP contribution in [0.4, 0.5) is 5.69 Å². The van der Waals surface area contributed by atoms with Crippen molar-refractivity contribution in [2.24, 2.45) is 16.8 Å². The summed E-state index contributed by atoms with van der Waals surface area (Å²) < 4.78 is 0.879. The van der Waals surface area contributed by atoms with Crippen molar-refractivity contribution in [3.05, 3.63) is 28.2 Å². The van der Waals surface area contributed by atoms with E-state index in [1.165, 1.54) is 0 Å². The van der Waals surface area contributed by atoms with E-state index in [9.17, 15) is 5.11 Å². The molecule has 0 bridgehead atoms. The number of hydrogen-bond donors (Lipinski definition) is 3. The molecule has 1 fully saturated rings. The SMILES string of the molecule is CC(O)C1CCN(c2ccc(Br)cc2/C(N)=N/O)C1. The first-order valence-electron chi connectivity index (χ1n) is 6.23. The maximum absolute atomic E-state index is 9.66. The highest BCUT2D eigenvalue weighted by Gasteiger charge is 2.27. The highest BCUT2D eigenvalue weighted by molar-refractivity contribution is 9.10. The molecule has 5 nitrogen and oxygen atoms in total. The van der Waals surface area contributed by atoms with Gasteiger partial charge in [0.05, 0.1) is 6.10 Å². The van der Waals surface area contributed by atoms with Gasteiger partial charge in [-0.05, 0) is 31.5 Å². The van der Waals surface area contributed by atoms with Crippen LogP contribution in [0, 0.1) is 5.92 Å². The third-order valence-electron chi connectivity index (χ3n) is 3.59. The zero-order valence-electron chi connectivity index (χ0n) is 10.8. The van der Waals surface area contributed by atoms with Gasteiger partial charge in [-0.15, -0.1) is 0 Å². The monoisotopic (exact) mass is 327 g/mol. The van der Waals surface area contributed by atoms with Gasteiger partial charge < -0.3 is 20.9 Å². The van der Waals surface area contributed by atoms with Gasteiger partial charge in [-0.1, -0.05) is 21.1 Å². The van der Waals surface area contributed by atoms with E-state index in [0.29, 0.717) is 5.56 Å². The van der Waals surface area contributed by atoms with E-state index in [1.54, 1.807) is 0 Å². The van der Waals surface area contributed by atoms with Crippen LogP contribution in [0.2, 0.25) is 0 Å². The fourth-order valence-electron chi connectivity index (χ4n) is 2.44. The number of aliphatic hydroxyl groups excluding tert-OH is 1. The van der Waals surface area contributed by atoms with Crippen LogP contribution in [-0.2, 0) is 0 Å². The zero-order valence-corrected chi connectivity index (χ0v) is 12.3. The van der Waals surface area contributed by atoms with Gasteiger partial charge in [0.2, 0.25) is 0 Å². The lowest BCUT2D eigenvalue weighted by molar-refractivity contribution is 0.136. The van der Waals surface area contributed by atoms with Gasteiger partial charge in [0.1, 0.15) is 0 Å². The Morgan fingerprint density at radius 3 is 2.89 bits per heavy atom. The highest BCUT2D eigenvalue weighted by atomic mass is 79.9. The van der Waals surface area contributed by atoms with Crippen molar-refractivity contribution in [3.8, 4) is 0 Å². The molecule has 104 valence electrons. The summed E-state index contributed by atoms with van der Waals surface area (Å²) in [5, 5.41) is 21.6. The summed E-state index contributed by atoms with van der Waals surface area (Å²) in [5.41, 5.74) is 7.36. The molecule has 0 aliphatic carbocycles. The summed E-state index contributed by atoms with van der Waals surface area (Å²) in [4.78, 5) is 2.16. The number of anilines is 1. The van der Waals surface area contributed by atoms with Crippen molar-refractivity contribution < 1.29 is 10.3 Å². The molecule has 1 aromatic carbocycles. The van der Waals surface area contributed by atoms with Gasteiger partial charge >= 0.3 is 0 Å². The fraction of sp³-hybridized carbons (Fsp3) is 0.462. The number of halogens is 1. The molecule has 1 aliphatic rings. The van der Waals surface area contributed by atoms with Gasteiger partial charge in [0.25, 0.3) is 0 Å². The molecule has 0 amide bonds. The van der Waals surface area contributed by atoms with Crippen LogP contribution in [0.15, 0.2) is 27.8 Å². The molecule has 0 saturated carbocycles. The number of nitrogens with zero attached hydrogens (tertiary/aromatic N) is 2. The lowest BCUT2D eigenvalue weighted by Crippen LogP contribution is -2.26. The molecule has 2 rings (SSSR count). The Balaban J connectivity index is 2.30. The van der Waals surface area contributed by atoms with Crippen molar-refractivity contribution in [3.63, 3.8) is 0 Å². The molecule has 0 aromatic heterocycles. The van der Waals surface area contributed by atoms with E-state index in [4.69, 9.17) is 10.9 Å². The lowest BCUT2D eigenvalue weighted by Gasteiger charge is -2.22. The predicted molar refractivity (Wildman–Crippen MR) is 78.7 cm³/mol. The Morgan fingerprint density at radius 2 is 2.32 bits per heavy atom. The fourth-order valence-corrected chi connectivity index (χ4v) is 2.80. The first kappa shape index (κ1) is 14.1. The van der Waals surface area contributed by atoms with Gasteiger partial charge in [0, 0.05) is 34.7 Å². The number of benzene rings is 1. The first-order valence-corrected chi connectivity index (χ1v) is 7.02. The van der Waals surface area contributed by atoms with Crippen molar-refractivity contribution >= 4 is 27.5 Å². The molecule has 6 heteroatoms. The normalized spacial score (nSPS) is 21.7. The predicted octanol–water partition coefficient (Wildman–Crippen LogP) is 1.75. The van der Waals surface area contributed by atoms with Gasteiger partial charge in [-0.2, -0.15) is 0 Å². The van der Waals surface area contributed by atoms with Crippen LogP contribution in [0.5, 0.6) is 0 Å². The third-order valence-corrected chi connectivity index (χ3v) is 4.08. The number of aliphatic hydroxyl groups is 1. The smallest absolute Gasteiger partial charge is 0.172 e. The molecule has 1 aromatic rings. The minimum atomic E-state index is -0.312. The second kappa shape index (κ2) is 5.79. The molecule has 0 radical (unpaired) electrons. The molecule has 4 N–H and O–H groups in total. The van der Waals surface area contributed by atoms with E-state index in [2.05, 4.69) is 26.0 Å². The molecule has 2 atom stereocenters. The Hall–Kier alpha value is -1.27. The van der Waals surface area contributed by atoms with Crippen LogP contribution in [0.3, 0.4) is 0 Å². The number of oxime groups is 1. The summed E-state index contributed by atoms with van der Waals surface area (Å²) in [6.45, 7) is 3.47. The van der Waals surface area contributed by atoms with Gasteiger partial charge in [-0.3, -0.25) is 0 Å². The van der Waals surface area contributed by atoms with Crippen molar-refractivity contribution in [1.82, 2.24) is 0 Å². The maximum Gasteiger partial charge on any atom is 0.172 e. The Kier molecular flexibility index (Phi) is 4.31. The van der Waals surface area contributed by atoms with Crippen molar-refractivity contribution in [2.75, 3.05) is 18.0 Å². The number of rotatable bonds is 3. The summed E-state index contributed by atoms with van der Waals surface area (Å²) in [6.07, 6.45) is 0.635. The van der Waals surface area contributed by atoms with Crippen LogP contribution < -0.4 is 10.6 Å². The molecule has 1 aliphatic heterocycles. The number of hydrogen-bond acceptors (Lipinski definition) is 4. The summed E-state index contributed by atoms with van der Waals surface area (Å²) in [5.74, 6) is 0.362. The first-order chi connectivity index (χ1) is 9.02. The van der Waals surface area contributed by atoms with Crippen LogP contribution in [0.25, 0.3) is 0 Å². The standard InChI is InChI=1S/C13H18BrN3O2/c1-8(18)9-4-5-17(7-9)12-3-2-10(14)6-11(12)13(15)16-19/h2-3,6,8-9,18-19H,4-5,7H2,1H3,(H2,15,16). The van der Waals surface area contributed by atoms with Crippen LogP contribution >= 0.6 is 15.9 Å². The molecule has 19 heavy (non-hydrogen) atoms. The van der Waals surface area contributed by atoms with Crippen molar-refractivity contribution in [2.45, 2.75) is 19.4 Å². The van der Waals surface area contributed by atoms with Crippen LogP contribution in [-0.4, -0.2) is 35.3 Å². The second-order valence-corrected chi connectivity index (χ2v) is 5.80. The largest absolute Gasteiger partial charge is 0.409 e. The molecule has 1 saturated heterocycles. The van der Waals surface area contributed by atoms with E-state index in [-0.39, 0.29) is 17.9 Å². The number of nitrogens with two attached hydrogens (primary N) is 1. The molecule has 1 heterocycles. The minimum Gasteiger partial charge on any atom is -0.409 e. The van der Waals surface area contributed by atoms with E-state index >= 15 is 0 Å². The Morgan fingerprint density at radius 1 is 1.58 bits per heavy atom. The third kappa shape index (κ3) is 3.01. The van der Waals surface area contributed by atoms with Crippen molar-refractivity contribution in [1.29, 1.82) is 0 Å². The number of amidine groups is 1. The van der Waals surface area contributed by atoms with E-state index < -0.39 is 0 Å². The lowest BCUT2D eigenvalue weighted by atomic mass is 10.0. The second-order valence-electron chi connectivity index (χ2n) is 4.88. The topological polar surface area (TPSA) is 82.1 Å². The minimum absolute atomic E-state index is 0.0943. The average Bonchev–Trinajstić information content (AvgIpc) is 2.87. The van der Waals surface area contributed by atoms with E-state index in [1.807, 2.05) is 25.1 Å². The summed E-state index contributed by atoms with van der Waals surface area (Å²) in [6, 6.07) is 5.71. The average molecular weight is 328 g/mol. The van der Waals surface area contributed by atoms with Gasteiger partial charge in [0.15, 0.2) is 5.84 Å². The van der Waals surface area contributed by atoms with E-state index in [0.717, 1.165) is 29.7 Å². The molecule has 2 unspecified atom stereocenters. The molecular formula is C13H18BrN3O2. The Labute approximate surface area is 120 Å². The zero-order chi connectivity index (χ0) is 14.0. The molecular weight excluding hydrogens is 310 g/mol. The highest BCUT2D eigenvalue weighted by Crippen LogP contribution is 2.30. The quantitative estimate of drug-likeness (QED) is 0.342. The summed E-state index contributed by atoms with van der Waals surface area (Å²) in [7, 11) is 0. The maximum atomic E-state index is 9.66. The Bertz CT molecular complexity index is 491. The van der Waals surface area contributed by atoms with Crippen LogP contribution in [0.1, 0.15) is 18.9 Å². The summed E-state index contributed by atoms with van der Waals surface area (Å²) >= 11 is 3.39. The van der Waals surface area contributed by atoms with Gasteiger partial charge in [-0.25, -0.2) is 0 Å². The molecule has 0 spiro atoms.